The molecule has 0 aliphatic carbocycles. The summed E-state index contributed by atoms with van der Waals surface area (Å²) in [6, 6.07) is 5.33. The molecule has 33 heavy (non-hydrogen) atoms. The first kappa shape index (κ1) is 22.7. The summed E-state index contributed by atoms with van der Waals surface area (Å²) in [5.41, 5.74) is 9.96. The molecule has 2 aromatic heterocycles. The second kappa shape index (κ2) is 9.54. The van der Waals surface area contributed by atoms with Crippen molar-refractivity contribution in [3.63, 3.8) is 0 Å². The Bertz CT molecular complexity index is 1150. The lowest BCUT2D eigenvalue weighted by Crippen LogP contribution is -2.33. The average Bonchev–Trinajstić information content (AvgIpc) is 3.32. The summed E-state index contributed by atoms with van der Waals surface area (Å²) in [4.78, 5) is 12.5. The first-order chi connectivity index (χ1) is 16.0. The van der Waals surface area contributed by atoms with E-state index >= 15 is 0 Å². The van der Waals surface area contributed by atoms with Crippen LogP contribution in [0.3, 0.4) is 0 Å². The first-order valence-corrected chi connectivity index (χ1v) is 10.2. The number of nitrogens with two attached hydrogens (primary N) is 1. The van der Waals surface area contributed by atoms with Crippen molar-refractivity contribution in [2.45, 2.75) is 31.5 Å². The van der Waals surface area contributed by atoms with Gasteiger partial charge in [-0.15, -0.1) is 0 Å². The maximum Gasteiger partial charge on any atom is 0.228 e. The molecule has 4 atom stereocenters. The number of hydrogen-bond acceptors (Lipinski definition) is 12. The summed E-state index contributed by atoms with van der Waals surface area (Å²) >= 11 is 0. The van der Waals surface area contributed by atoms with E-state index in [1.807, 2.05) is 6.92 Å². The third-order valence-corrected chi connectivity index (χ3v) is 5.14. The number of imidazole rings is 1. The van der Waals surface area contributed by atoms with E-state index in [2.05, 4.69) is 25.5 Å². The van der Waals surface area contributed by atoms with Crippen molar-refractivity contribution < 1.29 is 29.5 Å². The summed E-state index contributed by atoms with van der Waals surface area (Å²) in [5.74, 6) is 1.43. The van der Waals surface area contributed by atoms with Crippen molar-refractivity contribution in [3.05, 3.63) is 30.1 Å². The van der Waals surface area contributed by atoms with Crippen molar-refractivity contribution in [1.29, 1.82) is 0 Å². The van der Waals surface area contributed by atoms with Gasteiger partial charge in [-0.2, -0.15) is 5.10 Å². The number of aliphatic hydroxyl groups excluding tert-OH is 3. The fourth-order valence-corrected chi connectivity index (χ4v) is 3.54. The Morgan fingerprint density at radius 1 is 1.27 bits per heavy atom. The number of aliphatic hydroxyl groups is 3. The van der Waals surface area contributed by atoms with Crippen molar-refractivity contribution in [3.8, 4) is 11.5 Å². The van der Waals surface area contributed by atoms with E-state index in [9.17, 15) is 15.3 Å². The first-order valence-electron chi connectivity index (χ1n) is 10.2. The molecule has 0 amide bonds. The topological polar surface area (TPSA) is 182 Å². The normalized spacial score (nSPS) is 22.8. The van der Waals surface area contributed by atoms with Crippen molar-refractivity contribution in [2.24, 2.45) is 5.10 Å². The number of anilines is 2. The Morgan fingerprint density at radius 2 is 2.09 bits per heavy atom. The van der Waals surface area contributed by atoms with Gasteiger partial charge in [0.1, 0.15) is 24.6 Å². The number of benzene rings is 1. The van der Waals surface area contributed by atoms with Crippen LogP contribution >= 0.6 is 0 Å². The summed E-state index contributed by atoms with van der Waals surface area (Å²) in [6.45, 7) is 1.92. The van der Waals surface area contributed by atoms with Gasteiger partial charge < -0.3 is 35.3 Å². The Balaban J connectivity index is 1.66. The molecule has 6 N–H and O–H groups in total. The van der Waals surface area contributed by atoms with E-state index in [1.54, 1.807) is 25.3 Å². The molecule has 13 heteroatoms. The number of ether oxygens (including phenoxy) is 3. The molecular weight excluding hydrogens is 434 g/mol. The van der Waals surface area contributed by atoms with Gasteiger partial charge in [0.15, 0.2) is 34.7 Å². The molecule has 0 saturated carbocycles. The third kappa shape index (κ3) is 4.26. The largest absolute Gasteiger partial charge is 0.493 e. The fraction of sp³-hybridized carbons (Fsp3) is 0.400. The van der Waals surface area contributed by atoms with Crippen LogP contribution in [0.25, 0.3) is 11.2 Å². The van der Waals surface area contributed by atoms with Crippen LogP contribution in [0.4, 0.5) is 11.8 Å². The van der Waals surface area contributed by atoms with Crippen LogP contribution in [0.5, 0.6) is 11.5 Å². The zero-order valence-electron chi connectivity index (χ0n) is 18.0. The van der Waals surface area contributed by atoms with Crippen molar-refractivity contribution in [2.75, 3.05) is 31.5 Å². The molecule has 1 saturated heterocycles. The number of nitrogens with one attached hydrogen (secondary N) is 1. The minimum atomic E-state index is -1.35. The van der Waals surface area contributed by atoms with E-state index in [0.717, 1.165) is 5.56 Å². The van der Waals surface area contributed by atoms with Gasteiger partial charge in [0.2, 0.25) is 5.95 Å². The minimum absolute atomic E-state index is 0.119. The van der Waals surface area contributed by atoms with E-state index in [-0.39, 0.29) is 22.9 Å². The van der Waals surface area contributed by atoms with Crippen LogP contribution in [0.1, 0.15) is 18.7 Å². The molecule has 1 fully saturated rings. The third-order valence-electron chi connectivity index (χ3n) is 5.14. The highest BCUT2D eigenvalue weighted by molar-refractivity contribution is 5.85. The Hall–Kier alpha value is -3.52. The molecule has 1 aliphatic rings. The number of rotatable bonds is 8. The summed E-state index contributed by atoms with van der Waals surface area (Å²) in [5, 5.41) is 34.3. The molecule has 3 heterocycles. The van der Waals surface area contributed by atoms with E-state index in [1.165, 1.54) is 17.1 Å². The van der Waals surface area contributed by atoms with Crippen molar-refractivity contribution in [1.82, 2.24) is 19.5 Å². The second-order valence-corrected chi connectivity index (χ2v) is 7.18. The predicted molar refractivity (Wildman–Crippen MR) is 118 cm³/mol. The highest BCUT2D eigenvalue weighted by Crippen LogP contribution is 2.35. The van der Waals surface area contributed by atoms with Gasteiger partial charge in [0.25, 0.3) is 0 Å². The SMILES string of the molecule is CCOc1ccc(/C=N/Nc2nc3c(N)ncnc3n2C2OC(CO)C(O)C2O)cc1OC. The number of hydrazone groups is 1. The van der Waals surface area contributed by atoms with Crippen molar-refractivity contribution >= 4 is 29.1 Å². The van der Waals surface area contributed by atoms with Crippen LogP contribution in [0.2, 0.25) is 0 Å². The monoisotopic (exact) mass is 459 g/mol. The molecule has 13 nitrogen and oxygen atoms in total. The molecule has 0 spiro atoms. The van der Waals surface area contributed by atoms with E-state index in [0.29, 0.717) is 18.1 Å². The molecule has 1 aromatic carbocycles. The highest BCUT2D eigenvalue weighted by atomic mass is 16.6. The molecule has 4 unspecified atom stereocenters. The van der Waals surface area contributed by atoms with Gasteiger partial charge in [0, 0.05) is 0 Å². The maximum atomic E-state index is 10.5. The zero-order valence-corrected chi connectivity index (χ0v) is 18.0. The molecule has 1 aliphatic heterocycles. The maximum absolute atomic E-state index is 10.5. The van der Waals surface area contributed by atoms with Gasteiger partial charge in [0.05, 0.1) is 26.5 Å². The van der Waals surface area contributed by atoms with E-state index in [4.69, 9.17) is 19.9 Å². The lowest BCUT2D eigenvalue weighted by molar-refractivity contribution is -0.0501. The van der Waals surface area contributed by atoms with Gasteiger partial charge in [-0.25, -0.2) is 20.4 Å². The zero-order chi connectivity index (χ0) is 23.5. The molecule has 3 aromatic rings. The summed E-state index contributed by atoms with van der Waals surface area (Å²) in [6.07, 6.45) is -1.95. The number of fused-ring (bicyclic) bond motifs is 1. The van der Waals surface area contributed by atoms with Crippen LogP contribution in [-0.2, 0) is 4.74 Å². The van der Waals surface area contributed by atoms with Crippen LogP contribution in [0, 0.1) is 0 Å². The fourth-order valence-electron chi connectivity index (χ4n) is 3.54. The van der Waals surface area contributed by atoms with Gasteiger partial charge in [-0.1, -0.05) is 0 Å². The number of aromatic nitrogens is 4. The number of nitrogen functional groups attached to an aromatic ring is 1. The molecule has 0 radical (unpaired) electrons. The Labute approximate surface area is 188 Å². The predicted octanol–water partition coefficient (Wildman–Crippen LogP) is -0.127. The summed E-state index contributed by atoms with van der Waals surface area (Å²) < 4.78 is 17.9. The second-order valence-electron chi connectivity index (χ2n) is 7.18. The average molecular weight is 459 g/mol. The lowest BCUT2D eigenvalue weighted by Gasteiger charge is -2.18. The standard InChI is InChI=1S/C20H25N7O6/c1-3-32-11-5-4-10(6-12(11)31-2)7-24-26-20-25-14-17(21)22-9-23-18(14)27(20)19-16(30)15(29)13(8-28)33-19/h4-7,9,13,15-16,19,28-30H,3,8H2,1-2H3,(H,25,26)(H2,21,22,23)/b24-7+. The summed E-state index contributed by atoms with van der Waals surface area (Å²) in [7, 11) is 1.55. The van der Waals surface area contributed by atoms with Gasteiger partial charge in [-0.05, 0) is 30.7 Å². The Kier molecular flexibility index (Phi) is 6.55. The smallest absolute Gasteiger partial charge is 0.228 e. The van der Waals surface area contributed by atoms with Gasteiger partial charge in [-0.3, -0.25) is 4.57 Å². The lowest BCUT2D eigenvalue weighted by atomic mass is 10.1. The van der Waals surface area contributed by atoms with Crippen LogP contribution in [0.15, 0.2) is 29.6 Å². The van der Waals surface area contributed by atoms with E-state index < -0.39 is 31.1 Å². The minimum Gasteiger partial charge on any atom is -0.493 e. The highest BCUT2D eigenvalue weighted by Gasteiger charge is 2.45. The number of methoxy groups -OCH3 is 1. The quantitative estimate of drug-likeness (QED) is 0.223. The number of nitrogens with zero attached hydrogens (tertiary/aromatic N) is 5. The van der Waals surface area contributed by atoms with Gasteiger partial charge >= 0.3 is 0 Å². The Morgan fingerprint density at radius 3 is 2.79 bits per heavy atom. The van der Waals surface area contributed by atoms with Crippen LogP contribution < -0.4 is 20.6 Å². The molecule has 4 rings (SSSR count). The van der Waals surface area contributed by atoms with Crippen LogP contribution in [-0.4, -0.2) is 79.7 Å². The molecule has 0 bridgehead atoms. The molecule has 176 valence electrons. The molecular formula is C20H25N7O6. The number of hydrogen-bond donors (Lipinski definition) is 5.